The topological polar surface area (TPSA) is 90.0 Å². The van der Waals surface area contributed by atoms with Crippen LogP contribution in [0.25, 0.3) is 0 Å². The van der Waals surface area contributed by atoms with E-state index >= 15 is 0 Å². The first-order chi connectivity index (χ1) is 17.2. The minimum Gasteiger partial charge on any atom is -0.334 e. The molecule has 0 aromatic heterocycles. The van der Waals surface area contributed by atoms with Gasteiger partial charge in [-0.25, -0.2) is 13.2 Å². The molecule has 0 atom stereocenters. The van der Waals surface area contributed by atoms with Crippen molar-refractivity contribution in [3.8, 4) is 0 Å². The highest BCUT2D eigenvalue weighted by Gasteiger charge is 2.33. The molecule has 3 amide bonds. The van der Waals surface area contributed by atoms with Gasteiger partial charge in [-0.15, -0.1) is 0 Å². The van der Waals surface area contributed by atoms with E-state index < -0.39 is 10.0 Å². The molecule has 1 saturated heterocycles. The third-order valence-corrected chi connectivity index (χ3v) is 8.74. The number of carbonyl (C=O) groups is 2. The number of nitrogens with zero attached hydrogens (tertiary/aromatic N) is 3. The molecule has 210 valence electrons. The molecule has 9 heteroatoms. The van der Waals surface area contributed by atoms with Gasteiger partial charge in [-0.1, -0.05) is 45.0 Å². The molecule has 37 heavy (non-hydrogen) atoms. The van der Waals surface area contributed by atoms with Crippen molar-refractivity contribution in [2.75, 3.05) is 31.9 Å². The Morgan fingerprint density at radius 3 is 2.30 bits per heavy atom. The van der Waals surface area contributed by atoms with E-state index in [0.29, 0.717) is 57.8 Å². The second-order valence-electron chi connectivity index (χ2n) is 11.7. The monoisotopic (exact) mass is 536 g/mol. The number of piperidine rings is 1. The molecule has 1 fully saturated rings. The van der Waals surface area contributed by atoms with E-state index in [4.69, 9.17) is 0 Å². The minimum absolute atomic E-state index is 0.0391. The van der Waals surface area contributed by atoms with Crippen LogP contribution in [-0.2, 0) is 21.4 Å². The van der Waals surface area contributed by atoms with Crippen molar-refractivity contribution in [1.29, 1.82) is 0 Å². The second-order valence-corrected chi connectivity index (χ2v) is 13.8. The van der Waals surface area contributed by atoms with Crippen molar-refractivity contribution in [2.24, 2.45) is 5.92 Å². The largest absolute Gasteiger partial charge is 0.334 e. The standard InChI is InChI=1S/C28H48N4O4S/c1-8-19-37(35,36)31(18-13-22(2)3)21-26(33)32(20-24-12-10-9-11-23(24)4)25-14-16-30(17-15-25)27(34)29-28(5,6)7/h9-12,22,25H,8,13-21H2,1-7H3,(H,29,34). The average Bonchev–Trinajstić information content (AvgIpc) is 2.80. The van der Waals surface area contributed by atoms with Crippen LogP contribution in [0.15, 0.2) is 24.3 Å². The molecule has 2 rings (SSSR count). The average molecular weight is 537 g/mol. The third kappa shape index (κ3) is 9.93. The molecule has 1 N–H and O–H groups in total. The Morgan fingerprint density at radius 2 is 1.76 bits per heavy atom. The van der Waals surface area contributed by atoms with Gasteiger partial charge in [0.2, 0.25) is 15.9 Å². The lowest BCUT2D eigenvalue weighted by Crippen LogP contribution is -2.54. The maximum absolute atomic E-state index is 13.8. The minimum atomic E-state index is -3.52. The second kappa shape index (κ2) is 13.6. The first kappa shape index (κ1) is 31.1. The van der Waals surface area contributed by atoms with E-state index in [-0.39, 0.29) is 35.8 Å². The van der Waals surface area contributed by atoms with Crippen molar-refractivity contribution >= 4 is 22.0 Å². The van der Waals surface area contributed by atoms with Crippen molar-refractivity contribution in [3.63, 3.8) is 0 Å². The van der Waals surface area contributed by atoms with Crippen LogP contribution in [0.3, 0.4) is 0 Å². The Balaban J connectivity index is 2.24. The fraction of sp³-hybridized carbons (Fsp3) is 0.714. The van der Waals surface area contributed by atoms with Crippen molar-refractivity contribution in [1.82, 2.24) is 19.4 Å². The normalized spacial score (nSPS) is 15.3. The molecule has 1 aliphatic heterocycles. The summed E-state index contributed by atoms with van der Waals surface area (Å²) < 4.78 is 27.4. The smallest absolute Gasteiger partial charge is 0.317 e. The van der Waals surface area contributed by atoms with Gasteiger partial charge in [0.05, 0.1) is 12.3 Å². The van der Waals surface area contributed by atoms with Gasteiger partial charge in [-0.3, -0.25) is 4.79 Å². The quantitative estimate of drug-likeness (QED) is 0.454. The summed E-state index contributed by atoms with van der Waals surface area (Å²) >= 11 is 0. The Bertz CT molecular complexity index is 996. The molecule has 8 nitrogen and oxygen atoms in total. The van der Waals surface area contributed by atoms with E-state index in [1.807, 2.05) is 63.8 Å². The molecule has 1 aromatic carbocycles. The maximum Gasteiger partial charge on any atom is 0.317 e. The SMILES string of the molecule is CCCS(=O)(=O)N(CCC(C)C)CC(=O)N(Cc1ccccc1C)C1CCN(C(=O)NC(C)(C)C)CC1. The summed E-state index contributed by atoms with van der Waals surface area (Å²) in [6.07, 6.45) is 2.53. The van der Waals surface area contributed by atoms with Gasteiger partial charge in [-0.2, -0.15) is 4.31 Å². The Morgan fingerprint density at radius 1 is 1.14 bits per heavy atom. The molecule has 0 aliphatic carbocycles. The molecular formula is C28H48N4O4S. The fourth-order valence-corrected chi connectivity index (χ4v) is 5.98. The van der Waals surface area contributed by atoms with Crippen LogP contribution in [0.2, 0.25) is 0 Å². The number of likely N-dealkylation sites (tertiary alicyclic amines) is 1. The van der Waals surface area contributed by atoms with Crippen LogP contribution in [0.4, 0.5) is 4.79 Å². The van der Waals surface area contributed by atoms with E-state index in [0.717, 1.165) is 11.1 Å². The number of amides is 3. The summed E-state index contributed by atoms with van der Waals surface area (Å²) in [7, 11) is -3.52. The van der Waals surface area contributed by atoms with E-state index in [1.54, 1.807) is 4.90 Å². The van der Waals surface area contributed by atoms with Crippen molar-refractivity contribution < 1.29 is 18.0 Å². The van der Waals surface area contributed by atoms with E-state index in [2.05, 4.69) is 19.2 Å². The lowest BCUT2D eigenvalue weighted by atomic mass is 10.0. The summed E-state index contributed by atoms with van der Waals surface area (Å²) in [6.45, 7) is 15.6. The summed E-state index contributed by atoms with van der Waals surface area (Å²) in [5, 5.41) is 3.01. The van der Waals surface area contributed by atoms with Crippen LogP contribution in [0.5, 0.6) is 0 Å². The highest BCUT2D eigenvalue weighted by atomic mass is 32.2. The zero-order chi connectivity index (χ0) is 27.8. The maximum atomic E-state index is 13.8. The molecule has 0 unspecified atom stereocenters. The van der Waals surface area contributed by atoms with Crippen LogP contribution in [0, 0.1) is 12.8 Å². The van der Waals surface area contributed by atoms with Crippen LogP contribution in [-0.4, -0.2) is 78.0 Å². The molecule has 0 radical (unpaired) electrons. The first-order valence-electron chi connectivity index (χ1n) is 13.6. The molecule has 0 spiro atoms. The number of aryl methyl sites for hydroxylation is 1. The van der Waals surface area contributed by atoms with Crippen molar-refractivity contribution in [2.45, 2.75) is 92.3 Å². The number of benzene rings is 1. The van der Waals surface area contributed by atoms with Gasteiger partial charge in [0.1, 0.15) is 0 Å². The fourth-order valence-electron chi connectivity index (χ4n) is 4.52. The van der Waals surface area contributed by atoms with E-state index in [1.165, 1.54) is 4.31 Å². The Hall–Kier alpha value is -2.13. The summed E-state index contributed by atoms with van der Waals surface area (Å²) in [5.74, 6) is 0.197. The summed E-state index contributed by atoms with van der Waals surface area (Å²) in [6, 6.07) is 7.83. The number of sulfonamides is 1. The highest BCUT2D eigenvalue weighted by molar-refractivity contribution is 7.89. The third-order valence-electron chi connectivity index (χ3n) is 6.72. The van der Waals surface area contributed by atoms with Gasteiger partial charge < -0.3 is 15.1 Å². The molecule has 1 aliphatic rings. The lowest BCUT2D eigenvalue weighted by molar-refractivity contribution is -0.135. The first-order valence-corrected chi connectivity index (χ1v) is 15.2. The number of urea groups is 1. The van der Waals surface area contributed by atoms with Gasteiger partial charge in [-0.05, 0) is 70.4 Å². The Kier molecular flexibility index (Phi) is 11.4. The van der Waals surface area contributed by atoms with E-state index in [9.17, 15) is 18.0 Å². The molecule has 1 heterocycles. The van der Waals surface area contributed by atoms with Crippen LogP contribution < -0.4 is 5.32 Å². The summed E-state index contributed by atoms with van der Waals surface area (Å²) in [4.78, 5) is 30.1. The van der Waals surface area contributed by atoms with Gasteiger partial charge >= 0.3 is 6.03 Å². The lowest BCUT2D eigenvalue weighted by Gasteiger charge is -2.40. The predicted octanol–water partition coefficient (Wildman–Crippen LogP) is 4.38. The number of nitrogens with one attached hydrogen (secondary N) is 1. The number of rotatable bonds is 11. The molecule has 0 bridgehead atoms. The van der Waals surface area contributed by atoms with Crippen LogP contribution in [0.1, 0.15) is 78.4 Å². The summed E-state index contributed by atoms with van der Waals surface area (Å²) in [5.41, 5.74) is 1.83. The highest BCUT2D eigenvalue weighted by Crippen LogP contribution is 2.22. The van der Waals surface area contributed by atoms with Crippen molar-refractivity contribution in [3.05, 3.63) is 35.4 Å². The molecular weight excluding hydrogens is 488 g/mol. The number of carbonyl (C=O) groups excluding carboxylic acids is 2. The van der Waals surface area contributed by atoms with Gasteiger partial charge in [0.25, 0.3) is 0 Å². The molecule has 1 aromatic rings. The van der Waals surface area contributed by atoms with Gasteiger partial charge in [0, 0.05) is 37.8 Å². The van der Waals surface area contributed by atoms with Crippen LogP contribution >= 0.6 is 0 Å². The Labute approximate surface area is 224 Å². The number of hydrogen-bond donors (Lipinski definition) is 1. The van der Waals surface area contributed by atoms with Gasteiger partial charge in [0.15, 0.2) is 0 Å². The predicted molar refractivity (Wildman–Crippen MR) is 150 cm³/mol. The zero-order valence-corrected chi connectivity index (χ0v) is 24.7. The zero-order valence-electron chi connectivity index (χ0n) is 23.9. The number of hydrogen-bond acceptors (Lipinski definition) is 4. The molecule has 0 saturated carbocycles.